The summed E-state index contributed by atoms with van der Waals surface area (Å²) >= 11 is 0. The predicted octanol–water partition coefficient (Wildman–Crippen LogP) is 2.74. The van der Waals surface area contributed by atoms with Gasteiger partial charge in [0.15, 0.2) is 0 Å². The lowest BCUT2D eigenvalue weighted by atomic mass is 10.1. The fourth-order valence-corrected chi connectivity index (χ4v) is 2.06. The van der Waals surface area contributed by atoms with E-state index in [9.17, 15) is 4.39 Å². The molecule has 2 aromatic rings. The Bertz CT molecular complexity index is 576. The van der Waals surface area contributed by atoms with Crippen LogP contribution in [0.1, 0.15) is 16.7 Å². The van der Waals surface area contributed by atoms with Gasteiger partial charge in [0.2, 0.25) is 0 Å². The minimum absolute atomic E-state index is 0.0798. The molecule has 0 heterocycles. The number of halogens is 1. The van der Waals surface area contributed by atoms with Crippen molar-refractivity contribution in [1.29, 1.82) is 5.41 Å². The molecule has 0 unspecified atom stereocenters. The van der Waals surface area contributed by atoms with Crippen molar-refractivity contribution < 1.29 is 4.39 Å². The van der Waals surface area contributed by atoms with E-state index in [1.54, 1.807) is 12.1 Å². The summed E-state index contributed by atoms with van der Waals surface area (Å²) in [5.74, 6) is -0.132. The van der Waals surface area contributed by atoms with E-state index in [-0.39, 0.29) is 11.7 Å². The number of hydrogen-bond donors (Lipinski definition) is 2. The first kappa shape index (κ1) is 14.2. The maximum Gasteiger partial charge on any atom is 0.123 e. The summed E-state index contributed by atoms with van der Waals surface area (Å²) < 4.78 is 12.8. The minimum atomic E-state index is -0.212. The molecule has 2 aromatic carbocycles. The van der Waals surface area contributed by atoms with Crippen LogP contribution in [0.15, 0.2) is 48.5 Å². The first-order valence-corrected chi connectivity index (χ1v) is 6.41. The van der Waals surface area contributed by atoms with Crippen molar-refractivity contribution in [3.05, 3.63) is 71.0 Å². The highest BCUT2D eigenvalue weighted by molar-refractivity contribution is 5.94. The zero-order valence-corrected chi connectivity index (χ0v) is 11.4. The number of nitrogens with one attached hydrogen (secondary N) is 1. The van der Waals surface area contributed by atoms with Crippen LogP contribution in [0.5, 0.6) is 0 Å². The molecule has 3 nitrogen and oxygen atoms in total. The highest BCUT2D eigenvalue weighted by atomic mass is 19.1. The zero-order chi connectivity index (χ0) is 14.5. The summed E-state index contributed by atoms with van der Waals surface area (Å²) in [7, 11) is 2.02. The van der Waals surface area contributed by atoms with E-state index in [1.165, 1.54) is 12.1 Å². The van der Waals surface area contributed by atoms with E-state index in [1.807, 2.05) is 31.3 Å². The van der Waals surface area contributed by atoms with Gasteiger partial charge in [-0.1, -0.05) is 36.4 Å². The van der Waals surface area contributed by atoms with Crippen molar-refractivity contribution >= 4 is 5.84 Å². The summed E-state index contributed by atoms with van der Waals surface area (Å²) in [5.41, 5.74) is 8.38. The van der Waals surface area contributed by atoms with Crippen molar-refractivity contribution in [3.8, 4) is 0 Å². The smallest absolute Gasteiger partial charge is 0.123 e. The monoisotopic (exact) mass is 271 g/mol. The Balaban J connectivity index is 1.95. The quantitative estimate of drug-likeness (QED) is 0.649. The first-order chi connectivity index (χ1) is 9.54. The predicted molar refractivity (Wildman–Crippen MR) is 79.0 cm³/mol. The molecule has 0 radical (unpaired) electrons. The van der Waals surface area contributed by atoms with Gasteiger partial charge in [-0.25, -0.2) is 4.39 Å². The molecule has 0 amide bonds. The lowest BCUT2D eigenvalue weighted by Gasteiger charge is -2.17. The molecule has 2 rings (SSSR count). The number of nitrogens with two attached hydrogens (primary N) is 1. The van der Waals surface area contributed by atoms with E-state index in [4.69, 9.17) is 11.1 Å². The van der Waals surface area contributed by atoms with Gasteiger partial charge in [0.1, 0.15) is 11.7 Å². The van der Waals surface area contributed by atoms with E-state index in [0.29, 0.717) is 0 Å². The van der Waals surface area contributed by atoms with E-state index in [0.717, 1.165) is 29.8 Å². The van der Waals surface area contributed by atoms with E-state index < -0.39 is 0 Å². The molecule has 3 N–H and O–H groups in total. The first-order valence-electron chi connectivity index (χ1n) is 6.41. The zero-order valence-electron chi connectivity index (χ0n) is 11.4. The fourth-order valence-electron chi connectivity index (χ4n) is 2.06. The van der Waals surface area contributed by atoms with E-state index in [2.05, 4.69) is 4.90 Å². The Labute approximate surface area is 118 Å². The van der Waals surface area contributed by atoms with Gasteiger partial charge < -0.3 is 5.73 Å². The average molecular weight is 271 g/mol. The number of amidine groups is 1. The number of nitrogens with zero attached hydrogens (tertiary/aromatic N) is 1. The van der Waals surface area contributed by atoms with Crippen molar-refractivity contribution in [2.75, 3.05) is 7.05 Å². The SMILES string of the molecule is CN(Cc1ccc(F)cc1)Cc1ccc(C(=N)N)cc1. The molecular formula is C16H18FN3. The number of benzene rings is 2. The molecule has 0 saturated heterocycles. The van der Waals surface area contributed by atoms with Crippen LogP contribution in [0.3, 0.4) is 0 Å². The molecule has 0 aromatic heterocycles. The van der Waals surface area contributed by atoms with Crippen molar-refractivity contribution in [1.82, 2.24) is 4.90 Å². The third kappa shape index (κ3) is 3.90. The maximum absolute atomic E-state index is 12.8. The van der Waals surface area contributed by atoms with Crippen molar-refractivity contribution in [2.45, 2.75) is 13.1 Å². The summed E-state index contributed by atoms with van der Waals surface area (Å²) in [5, 5.41) is 7.35. The molecule has 0 fully saturated rings. The Hall–Kier alpha value is -2.20. The molecule has 0 atom stereocenters. The van der Waals surface area contributed by atoms with Crippen LogP contribution in [-0.2, 0) is 13.1 Å². The summed E-state index contributed by atoms with van der Waals surface area (Å²) in [6, 6.07) is 14.2. The second kappa shape index (κ2) is 6.30. The van der Waals surface area contributed by atoms with Gasteiger partial charge in [0.25, 0.3) is 0 Å². The highest BCUT2D eigenvalue weighted by Gasteiger charge is 2.03. The topological polar surface area (TPSA) is 53.1 Å². The van der Waals surface area contributed by atoms with E-state index >= 15 is 0 Å². The Kier molecular flexibility index (Phi) is 4.48. The average Bonchev–Trinajstić information content (AvgIpc) is 2.42. The molecule has 0 aliphatic heterocycles. The fraction of sp³-hybridized carbons (Fsp3) is 0.188. The molecule has 4 heteroatoms. The van der Waals surface area contributed by atoms with Gasteiger partial charge in [-0.3, -0.25) is 10.3 Å². The third-order valence-electron chi connectivity index (χ3n) is 3.08. The Morgan fingerprint density at radius 2 is 1.45 bits per heavy atom. The summed E-state index contributed by atoms with van der Waals surface area (Å²) in [6.07, 6.45) is 0. The summed E-state index contributed by atoms with van der Waals surface area (Å²) in [4.78, 5) is 2.15. The number of hydrogen-bond acceptors (Lipinski definition) is 2. The van der Waals surface area contributed by atoms with Crippen LogP contribution in [-0.4, -0.2) is 17.8 Å². The maximum atomic E-state index is 12.8. The normalized spacial score (nSPS) is 10.8. The molecule has 104 valence electrons. The molecule has 0 saturated carbocycles. The molecule has 0 aliphatic carbocycles. The Morgan fingerprint density at radius 1 is 1.00 bits per heavy atom. The lowest BCUT2D eigenvalue weighted by Crippen LogP contribution is -2.17. The van der Waals surface area contributed by atoms with Crippen molar-refractivity contribution in [3.63, 3.8) is 0 Å². The number of nitrogen functional groups attached to an aromatic ring is 1. The van der Waals surface area contributed by atoms with Crippen LogP contribution in [0, 0.1) is 11.2 Å². The van der Waals surface area contributed by atoms with Gasteiger partial charge in [0, 0.05) is 18.7 Å². The van der Waals surface area contributed by atoms with Gasteiger partial charge in [-0.05, 0) is 30.3 Å². The van der Waals surface area contributed by atoms with Crippen LogP contribution >= 0.6 is 0 Å². The second-order valence-corrected chi connectivity index (χ2v) is 4.91. The molecular weight excluding hydrogens is 253 g/mol. The Morgan fingerprint density at radius 3 is 1.90 bits per heavy atom. The second-order valence-electron chi connectivity index (χ2n) is 4.91. The third-order valence-corrected chi connectivity index (χ3v) is 3.08. The van der Waals surface area contributed by atoms with Gasteiger partial charge in [-0.2, -0.15) is 0 Å². The van der Waals surface area contributed by atoms with Crippen LogP contribution in [0.25, 0.3) is 0 Å². The van der Waals surface area contributed by atoms with Gasteiger partial charge >= 0.3 is 0 Å². The number of rotatable bonds is 5. The largest absolute Gasteiger partial charge is 0.384 e. The molecule has 0 bridgehead atoms. The van der Waals surface area contributed by atoms with Crippen LogP contribution < -0.4 is 5.73 Å². The molecule has 0 spiro atoms. The van der Waals surface area contributed by atoms with Gasteiger partial charge in [-0.15, -0.1) is 0 Å². The van der Waals surface area contributed by atoms with Crippen LogP contribution in [0.2, 0.25) is 0 Å². The van der Waals surface area contributed by atoms with Crippen LogP contribution in [0.4, 0.5) is 4.39 Å². The lowest BCUT2D eigenvalue weighted by molar-refractivity contribution is 0.319. The molecule has 20 heavy (non-hydrogen) atoms. The minimum Gasteiger partial charge on any atom is -0.384 e. The molecule has 0 aliphatic rings. The summed E-state index contributed by atoms with van der Waals surface area (Å²) in [6.45, 7) is 1.55. The highest BCUT2D eigenvalue weighted by Crippen LogP contribution is 2.10. The van der Waals surface area contributed by atoms with Crippen molar-refractivity contribution in [2.24, 2.45) is 5.73 Å². The van der Waals surface area contributed by atoms with Gasteiger partial charge in [0.05, 0.1) is 0 Å². The standard InChI is InChI=1S/C16H18FN3/c1-20(11-13-4-8-15(17)9-5-13)10-12-2-6-14(7-3-12)16(18)19/h2-9H,10-11H2,1H3,(H3,18,19).